The predicted molar refractivity (Wildman–Crippen MR) is 97.8 cm³/mol. The van der Waals surface area contributed by atoms with E-state index in [0.717, 1.165) is 27.5 Å². The third kappa shape index (κ3) is 3.40. The van der Waals surface area contributed by atoms with E-state index in [9.17, 15) is 4.79 Å². The Hall–Kier alpha value is -3.08. The highest BCUT2D eigenvalue weighted by Crippen LogP contribution is 2.36. The quantitative estimate of drug-likeness (QED) is 0.774. The highest BCUT2D eigenvalue weighted by molar-refractivity contribution is 5.98. The van der Waals surface area contributed by atoms with E-state index in [4.69, 9.17) is 9.47 Å². The number of carbonyl (C=O) groups excluding carboxylic acids is 1. The van der Waals surface area contributed by atoms with Crippen molar-refractivity contribution in [3.05, 3.63) is 54.4 Å². The maximum atomic E-state index is 11.2. The van der Waals surface area contributed by atoms with Crippen molar-refractivity contribution in [3.63, 3.8) is 0 Å². The summed E-state index contributed by atoms with van der Waals surface area (Å²) in [7, 11) is 3.25. The van der Waals surface area contributed by atoms with Gasteiger partial charge in [0.2, 0.25) is 5.91 Å². The SMILES string of the molecule is COc1ccc(-c2ccc(CNC(C)=O)c3cnccc23)cc1OC. The zero-order valence-corrected chi connectivity index (χ0v) is 14.5. The van der Waals surface area contributed by atoms with E-state index in [1.807, 2.05) is 36.5 Å². The van der Waals surface area contributed by atoms with Gasteiger partial charge in [0, 0.05) is 31.2 Å². The summed E-state index contributed by atoms with van der Waals surface area (Å²) in [5.41, 5.74) is 3.13. The van der Waals surface area contributed by atoms with Gasteiger partial charge in [-0.2, -0.15) is 0 Å². The van der Waals surface area contributed by atoms with Gasteiger partial charge in [-0.25, -0.2) is 0 Å². The zero-order chi connectivity index (χ0) is 17.8. The van der Waals surface area contributed by atoms with Gasteiger partial charge in [0.05, 0.1) is 14.2 Å². The molecule has 1 amide bonds. The number of carbonyl (C=O) groups is 1. The van der Waals surface area contributed by atoms with E-state index in [2.05, 4.69) is 16.4 Å². The van der Waals surface area contributed by atoms with E-state index in [0.29, 0.717) is 18.0 Å². The minimum absolute atomic E-state index is 0.0546. The van der Waals surface area contributed by atoms with E-state index in [-0.39, 0.29) is 5.91 Å². The molecule has 128 valence electrons. The number of nitrogens with zero attached hydrogens (tertiary/aromatic N) is 1. The van der Waals surface area contributed by atoms with Gasteiger partial charge in [-0.1, -0.05) is 18.2 Å². The fraction of sp³-hybridized carbons (Fsp3) is 0.200. The number of amides is 1. The first-order valence-corrected chi connectivity index (χ1v) is 7.96. The fourth-order valence-corrected chi connectivity index (χ4v) is 2.88. The molecule has 0 aliphatic rings. The highest BCUT2D eigenvalue weighted by atomic mass is 16.5. The van der Waals surface area contributed by atoms with Gasteiger partial charge in [-0.15, -0.1) is 0 Å². The van der Waals surface area contributed by atoms with Gasteiger partial charge in [0.25, 0.3) is 0 Å². The standard InChI is InChI=1S/C20H20N2O3/c1-13(23)22-11-15-4-6-16(17-8-9-21-12-18(15)17)14-5-7-19(24-2)20(10-14)25-3/h4-10,12H,11H2,1-3H3,(H,22,23). The first-order chi connectivity index (χ1) is 12.1. The van der Waals surface area contributed by atoms with E-state index in [1.54, 1.807) is 20.4 Å². The maximum absolute atomic E-state index is 11.2. The molecule has 3 aromatic rings. The second-order valence-electron chi connectivity index (χ2n) is 5.67. The van der Waals surface area contributed by atoms with Gasteiger partial charge in [-0.05, 0) is 40.3 Å². The fourth-order valence-electron chi connectivity index (χ4n) is 2.88. The average Bonchev–Trinajstić information content (AvgIpc) is 2.65. The van der Waals surface area contributed by atoms with Crippen LogP contribution in [0.5, 0.6) is 11.5 Å². The molecule has 1 heterocycles. The molecule has 5 nitrogen and oxygen atoms in total. The molecular weight excluding hydrogens is 316 g/mol. The Labute approximate surface area is 146 Å². The number of ether oxygens (including phenoxy) is 2. The summed E-state index contributed by atoms with van der Waals surface area (Å²) >= 11 is 0. The normalized spacial score (nSPS) is 10.5. The number of rotatable bonds is 5. The second-order valence-corrected chi connectivity index (χ2v) is 5.67. The summed E-state index contributed by atoms with van der Waals surface area (Å²) in [6.07, 6.45) is 3.60. The van der Waals surface area contributed by atoms with Crippen molar-refractivity contribution in [2.45, 2.75) is 13.5 Å². The minimum Gasteiger partial charge on any atom is -0.493 e. The molecule has 0 radical (unpaired) electrons. The molecule has 0 bridgehead atoms. The number of hydrogen-bond donors (Lipinski definition) is 1. The number of fused-ring (bicyclic) bond motifs is 1. The van der Waals surface area contributed by atoms with E-state index < -0.39 is 0 Å². The van der Waals surface area contributed by atoms with Crippen molar-refractivity contribution in [1.29, 1.82) is 0 Å². The summed E-state index contributed by atoms with van der Waals surface area (Å²) < 4.78 is 10.7. The van der Waals surface area contributed by atoms with Crippen LogP contribution in [0.1, 0.15) is 12.5 Å². The van der Waals surface area contributed by atoms with Crippen LogP contribution in [0.2, 0.25) is 0 Å². The van der Waals surface area contributed by atoms with Crippen LogP contribution in [0, 0.1) is 0 Å². The Bertz CT molecular complexity index is 922. The maximum Gasteiger partial charge on any atom is 0.217 e. The molecule has 0 saturated carbocycles. The summed E-state index contributed by atoms with van der Waals surface area (Å²) in [6, 6.07) is 11.9. The molecule has 0 aliphatic carbocycles. The molecule has 1 N–H and O–H groups in total. The van der Waals surface area contributed by atoms with Gasteiger partial charge < -0.3 is 14.8 Å². The van der Waals surface area contributed by atoms with Gasteiger partial charge in [0.1, 0.15) is 0 Å². The van der Waals surface area contributed by atoms with Crippen molar-refractivity contribution in [1.82, 2.24) is 10.3 Å². The number of hydrogen-bond acceptors (Lipinski definition) is 4. The smallest absolute Gasteiger partial charge is 0.217 e. The summed E-state index contributed by atoms with van der Waals surface area (Å²) in [5, 5.41) is 4.93. The molecule has 0 atom stereocenters. The Morgan fingerprint density at radius 1 is 1.04 bits per heavy atom. The topological polar surface area (TPSA) is 60.5 Å². The van der Waals surface area contributed by atoms with Crippen LogP contribution in [-0.2, 0) is 11.3 Å². The lowest BCUT2D eigenvalue weighted by atomic mass is 9.96. The number of methoxy groups -OCH3 is 2. The monoisotopic (exact) mass is 336 g/mol. The van der Waals surface area contributed by atoms with Crippen molar-refractivity contribution >= 4 is 16.7 Å². The van der Waals surface area contributed by atoms with Crippen LogP contribution in [0.25, 0.3) is 21.9 Å². The Morgan fingerprint density at radius 3 is 2.56 bits per heavy atom. The first kappa shape index (κ1) is 16.8. The van der Waals surface area contributed by atoms with Crippen LogP contribution >= 0.6 is 0 Å². The van der Waals surface area contributed by atoms with E-state index in [1.165, 1.54) is 6.92 Å². The lowest BCUT2D eigenvalue weighted by Crippen LogP contribution is -2.19. The van der Waals surface area contributed by atoms with Gasteiger partial charge >= 0.3 is 0 Å². The summed E-state index contributed by atoms with van der Waals surface area (Å²) in [5.74, 6) is 1.32. The highest BCUT2D eigenvalue weighted by Gasteiger charge is 2.11. The van der Waals surface area contributed by atoms with Crippen LogP contribution in [0.4, 0.5) is 0 Å². The van der Waals surface area contributed by atoms with Crippen LogP contribution in [-0.4, -0.2) is 25.1 Å². The largest absolute Gasteiger partial charge is 0.493 e. The predicted octanol–water partition coefficient (Wildman–Crippen LogP) is 3.56. The number of pyridine rings is 1. The minimum atomic E-state index is -0.0546. The lowest BCUT2D eigenvalue weighted by Gasteiger charge is -2.13. The molecule has 0 fully saturated rings. The van der Waals surface area contributed by atoms with Crippen LogP contribution in [0.3, 0.4) is 0 Å². The average molecular weight is 336 g/mol. The Kier molecular flexibility index (Phi) is 4.84. The molecule has 2 aromatic carbocycles. The number of aromatic nitrogens is 1. The molecule has 1 aromatic heterocycles. The van der Waals surface area contributed by atoms with Gasteiger partial charge in [0.15, 0.2) is 11.5 Å². The van der Waals surface area contributed by atoms with Crippen molar-refractivity contribution in [3.8, 4) is 22.6 Å². The molecular formula is C20H20N2O3. The molecule has 25 heavy (non-hydrogen) atoms. The Balaban J connectivity index is 2.12. The first-order valence-electron chi connectivity index (χ1n) is 7.96. The van der Waals surface area contributed by atoms with E-state index >= 15 is 0 Å². The molecule has 3 rings (SSSR count). The molecule has 0 unspecified atom stereocenters. The lowest BCUT2D eigenvalue weighted by molar-refractivity contribution is -0.119. The number of benzene rings is 2. The zero-order valence-electron chi connectivity index (χ0n) is 14.5. The summed E-state index contributed by atoms with van der Waals surface area (Å²) in [6.45, 7) is 1.99. The molecule has 0 saturated heterocycles. The van der Waals surface area contributed by atoms with Crippen LogP contribution in [0.15, 0.2) is 48.8 Å². The van der Waals surface area contributed by atoms with Crippen molar-refractivity contribution < 1.29 is 14.3 Å². The Morgan fingerprint density at radius 2 is 1.84 bits per heavy atom. The third-order valence-corrected chi connectivity index (χ3v) is 4.13. The van der Waals surface area contributed by atoms with Gasteiger partial charge in [-0.3, -0.25) is 9.78 Å². The number of nitrogens with one attached hydrogen (secondary N) is 1. The van der Waals surface area contributed by atoms with Crippen molar-refractivity contribution in [2.75, 3.05) is 14.2 Å². The van der Waals surface area contributed by atoms with Crippen LogP contribution < -0.4 is 14.8 Å². The molecule has 5 heteroatoms. The van der Waals surface area contributed by atoms with Crippen molar-refractivity contribution in [2.24, 2.45) is 0 Å². The summed E-state index contributed by atoms with van der Waals surface area (Å²) in [4.78, 5) is 15.5. The third-order valence-electron chi connectivity index (χ3n) is 4.13. The second kappa shape index (κ2) is 7.21. The molecule has 0 spiro atoms. The molecule has 0 aliphatic heterocycles.